The van der Waals surface area contributed by atoms with E-state index in [1.54, 1.807) is 32.0 Å². The summed E-state index contributed by atoms with van der Waals surface area (Å²) >= 11 is 5.89. The molecule has 2 N–H and O–H groups in total. The summed E-state index contributed by atoms with van der Waals surface area (Å²) < 4.78 is 21.7. The number of aromatic nitrogens is 1. The number of carboxylic acids is 1. The summed E-state index contributed by atoms with van der Waals surface area (Å²) in [6.45, 7) is 7.26. The fourth-order valence-corrected chi connectivity index (χ4v) is 3.86. The van der Waals surface area contributed by atoms with Crippen molar-refractivity contribution in [2.75, 3.05) is 13.2 Å². The molecular weight excluding hydrogens is 437 g/mol. The standard InChI is InChI=1S/C24H23ClFNO5/c1-4-32-20-10-14(8-15-6-5-7-18(25)21(15)26)9-16-22(20)27(19(12-28)13(2)3)11-17(23(16)29)24(30)31/h5-7,9-11,19,28H,2,4,8,12H2,1,3H3,(H,30,31)/t19-/m1/s1. The Balaban J connectivity index is 2.36. The Morgan fingerprint density at radius 1 is 1.34 bits per heavy atom. The zero-order valence-corrected chi connectivity index (χ0v) is 18.4. The fraction of sp³-hybridized carbons (Fsp3) is 0.250. The first-order valence-electron chi connectivity index (χ1n) is 9.96. The topological polar surface area (TPSA) is 88.8 Å². The minimum absolute atomic E-state index is 0.0175. The SMILES string of the molecule is C=C(C)[C@@H](CO)n1cc(C(=O)O)c(=O)c2cc(Cc3cccc(Cl)c3F)cc(OCC)c21. The molecule has 0 aliphatic heterocycles. The summed E-state index contributed by atoms with van der Waals surface area (Å²) in [4.78, 5) is 24.8. The van der Waals surface area contributed by atoms with Crippen LogP contribution in [0, 0.1) is 5.82 Å². The largest absolute Gasteiger partial charge is 0.492 e. The molecule has 168 valence electrons. The predicted octanol–water partition coefficient (Wildman–Crippen LogP) is 4.59. The number of ether oxygens (including phenoxy) is 1. The average molecular weight is 460 g/mol. The molecule has 6 nitrogen and oxygen atoms in total. The molecule has 1 atom stereocenters. The van der Waals surface area contributed by atoms with Crippen molar-refractivity contribution in [2.45, 2.75) is 26.3 Å². The molecule has 0 bridgehead atoms. The Morgan fingerprint density at radius 2 is 2.06 bits per heavy atom. The van der Waals surface area contributed by atoms with E-state index in [0.29, 0.717) is 28.0 Å². The Kier molecular flexibility index (Phi) is 7.01. The molecular formula is C24H23ClFNO5. The van der Waals surface area contributed by atoms with E-state index < -0.39 is 28.8 Å². The molecule has 0 spiro atoms. The highest BCUT2D eigenvalue weighted by atomic mass is 35.5. The number of aliphatic hydroxyl groups is 1. The molecule has 0 fully saturated rings. The Labute approximate surface area is 189 Å². The molecule has 3 aromatic rings. The van der Waals surface area contributed by atoms with Gasteiger partial charge in [-0.1, -0.05) is 35.9 Å². The van der Waals surface area contributed by atoms with Crippen LogP contribution in [0.15, 0.2) is 53.5 Å². The summed E-state index contributed by atoms with van der Waals surface area (Å²) in [5.41, 5.74) is 0.621. The van der Waals surface area contributed by atoms with Crippen LogP contribution in [0.25, 0.3) is 10.9 Å². The Bertz CT molecular complexity index is 1270. The average Bonchev–Trinajstić information content (AvgIpc) is 2.73. The quantitative estimate of drug-likeness (QED) is 0.481. The van der Waals surface area contributed by atoms with Gasteiger partial charge in [0.1, 0.15) is 17.1 Å². The predicted molar refractivity (Wildman–Crippen MR) is 121 cm³/mol. The number of fused-ring (bicyclic) bond motifs is 1. The third kappa shape index (κ3) is 4.40. The van der Waals surface area contributed by atoms with Crippen LogP contribution in [0.2, 0.25) is 5.02 Å². The van der Waals surface area contributed by atoms with E-state index in [0.717, 1.165) is 0 Å². The van der Waals surface area contributed by atoms with E-state index >= 15 is 0 Å². The number of carbonyl (C=O) groups is 1. The molecule has 32 heavy (non-hydrogen) atoms. The van der Waals surface area contributed by atoms with Crippen LogP contribution < -0.4 is 10.2 Å². The van der Waals surface area contributed by atoms with E-state index in [1.807, 2.05) is 0 Å². The van der Waals surface area contributed by atoms with Gasteiger partial charge in [-0.15, -0.1) is 0 Å². The van der Waals surface area contributed by atoms with Gasteiger partial charge in [-0.3, -0.25) is 4.79 Å². The van der Waals surface area contributed by atoms with Crippen molar-refractivity contribution in [3.63, 3.8) is 0 Å². The highest BCUT2D eigenvalue weighted by molar-refractivity contribution is 6.30. The third-order valence-electron chi connectivity index (χ3n) is 5.18. The number of benzene rings is 2. The molecule has 2 aromatic carbocycles. The molecule has 0 saturated carbocycles. The first-order valence-corrected chi connectivity index (χ1v) is 10.3. The minimum Gasteiger partial charge on any atom is -0.492 e. The monoisotopic (exact) mass is 459 g/mol. The summed E-state index contributed by atoms with van der Waals surface area (Å²) in [7, 11) is 0. The molecule has 8 heteroatoms. The Hall–Kier alpha value is -3.16. The first kappa shape index (κ1) is 23.5. The van der Waals surface area contributed by atoms with Crippen molar-refractivity contribution in [1.29, 1.82) is 0 Å². The van der Waals surface area contributed by atoms with Crippen molar-refractivity contribution in [2.24, 2.45) is 0 Å². The molecule has 0 saturated heterocycles. The number of halogens is 2. The van der Waals surface area contributed by atoms with E-state index in [2.05, 4.69) is 6.58 Å². The maximum Gasteiger partial charge on any atom is 0.341 e. The number of aromatic carboxylic acids is 1. The van der Waals surface area contributed by atoms with Crippen LogP contribution in [-0.2, 0) is 6.42 Å². The Morgan fingerprint density at radius 3 is 2.66 bits per heavy atom. The summed E-state index contributed by atoms with van der Waals surface area (Å²) in [6.07, 6.45) is 1.31. The molecule has 0 aliphatic rings. The lowest BCUT2D eigenvalue weighted by atomic mass is 9.99. The number of hydrogen-bond acceptors (Lipinski definition) is 4. The van der Waals surface area contributed by atoms with Gasteiger partial charge in [0.15, 0.2) is 0 Å². The van der Waals surface area contributed by atoms with Crippen LogP contribution in [0.5, 0.6) is 5.75 Å². The maximum absolute atomic E-state index is 14.5. The smallest absolute Gasteiger partial charge is 0.341 e. The van der Waals surface area contributed by atoms with Gasteiger partial charge in [0.25, 0.3) is 0 Å². The third-order valence-corrected chi connectivity index (χ3v) is 5.48. The summed E-state index contributed by atoms with van der Waals surface area (Å²) in [6, 6.07) is 7.18. The number of carboxylic acid groups (broad SMARTS) is 1. The molecule has 0 amide bonds. The molecule has 3 rings (SSSR count). The van der Waals surface area contributed by atoms with Crippen molar-refractivity contribution >= 4 is 28.5 Å². The number of hydrogen-bond donors (Lipinski definition) is 2. The fourth-order valence-electron chi connectivity index (χ4n) is 3.66. The van der Waals surface area contributed by atoms with Crippen LogP contribution in [0.3, 0.4) is 0 Å². The van der Waals surface area contributed by atoms with Gasteiger partial charge >= 0.3 is 5.97 Å². The number of rotatable bonds is 8. The van der Waals surface area contributed by atoms with Gasteiger partial charge in [0, 0.05) is 12.6 Å². The second-order valence-corrected chi connectivity index (χ2v) is 7.85. The number of pyridine rings is 1. The summed E-state index contributed by atoms with van der Waals surface area (Å²) in [5, 5.41) is 19.6. The highest BCUT2D eigenvalue weighted by Gasteiger charge is 2.23. The van der Waals surface area contributed by atoms with Gasteiger partial charge in [-0.2, -0.15) is 0 Å². The van der Waals surface area contributed by atoms with E-state index in [1.165, 1.54) is 22.9 Å². The van der Waals surface area contributed by atoms with Crippen molar-refractivity contribution in [3.05, 3.63) is 86.4 Å². The van der Waals surface area contributed by atoms with E-state index in [-0.39, 0.29) is 30.0 Å². The minimum atomic E-state index is -1.40. The van der Waals surface area contributed by atoms with E-state index in [4.69, 9.17) is 16.3 Å². The lowest BCUT2D eigenvalue weighted by Gasteiger charge is -2.24. The maximum atomic E-state index is 14.5. The normalized spacial score (nSPS) is 12.0. The van der Waals surface area contributed by atoms with Crippen LogP contribution >= 0.6 is 11.6 Å². The highest BCUT2D eigenvalue weighted by Crippen LogP contribution is 2.32. The second-order valence-electron chi connectivity index (χ2n) is 7.44. The van der Waals surface area contributed by atoms with E-state index in [9.17, 15) is 24.2 Å². The number of nitrogens with zero attached hydrogens (tertiary/aromatic N) is 1. The molecule has 1 aromatic heterocycles. The molecule has 0 aliphatic carbocycles. The van der Waals surface area contributed by atoms with Gasteiger partial charge in [-0.25, -0.2) is 9.18 Å². The van der Waals surface area contributed by atoms with Gasteiger partial charge in [0.2, 0.25) is 5.43 Å². The summed E-state index contributed by atoms with van der Waals surface area (Å²) in [5.74, 6) is -1.64. The van der Waals surface area contributed by atoms with Gasteiger partial charge in [-0.05, 0) is 43.2 Å². The molecule has 0 radical (unpaired) electrons. The zero-order valence-electron chi connectivity index (χ0n) is 17.7. The van der Waals surface area contributed by atoms with Gasteiger partial charge in [0.05, 0.1) is 35.2 Å². The lowest BCUT2D eigenvalue weighted by molar-refractivity contribution is 0.0694. The second kappa shape index (κ2) is 9.54. The van der Waals surface area contributed by atoms with Crippen molar-refractivity contribution in [3.8, 4) is 5.75 Å². The van der Waals surface area contributed by atoms with Crippen LogP contribution in [-0.4, -0.2) is 34.0 Å². The molecule has 0 unspecified atom stereocenters. The molecule has 1 heterocycles. The van der Waals surface area contributed by atoms with Crippen LogP contribution in [0.4, 0.5) is 4.39 Å². The first-order chi connectivity index (χ1) is 15.2. The number of aliphatic hydroxyl groups excluding tert-OH is 1. The van der Waals surface area contributed by atoms with Gasteiger partial charge < -0.3 is 19.5 Å². The van der Waals surface area contributed by atoms with Crippen LogP contribution in [0.1, 0.15) is 41.4 Å². The lowest BCUT2D eigenvalue weighted by Crippen LogP contribution is -2.24. The van der Waals surface area contributed by atoms with Crippen molar-refractivity contribution < 1.29 is 24.1 Å². The van der Waals surface area contributed by atoms with Crippen molar-refractivity contribution in [1.82, 2.24) is 4.57 Å². The zero-order chi connectivity index (χ0) is 23.6.